The third-order valence-corrected chi connectivity index (χ3v) is 26.1. The number of thiophene rings is 2. The molecule has 0 fully saturated rings. The Labute approximate surface area is 707 Å². The molecule has 0 bridgehead atoms. The monoisotopic (exact) mass is 1770 g/mol. The Bertz CT molecular complexity index is 6270. The zero-order valence-electron chi connectivity index (χ0n) is 65.4. The van der Waals surface area contributed by atoms with E-state index in [0.717, 1.165) is 60.9 Å². The molecule has 27 nitrogen and oxygen atoms in total. The number of hydrogen-bond acceptors (Lipinski definition) is 30. The summed E-state index contributed by atoms with van der Waals surface area (Å²) in [5, 5.41) is 28.2. The van der Waals surface area contributed by atoms with Gasteiger partial charge in [-0.1, -0.05) is 78.9 Å². The van der Waals surface area contributed by atoms with Crippen LogP contribution in [-0.4, -0.2) is 135 Å². The largest absolute Gasteiger partial charge is 0.479 e. The minimum atomic E-state index is -3.24. The van der Waals surface area contributed by atoms with E-state index in [2.05, 4.69) is 113 Å². The van der Waals surface area contributed by atoms with Gasteiger partial charge in [0.2, 0.25) is 5.88 Å². The van der Waals surface area contributed by atoms with Crippen LogP contribution in [0, 0.1) is 0 Å². The molecule has 1 atom stereocenters. The summed E-state index contributed by atoms with van der Waals surface area (Å²) in [6, 6.07) is 53.0. The average molecular weight is 1770 g/mol. The Morgan fingerprint density at radius 2 is 0.798 bits per heavy atom. The van der Waals surface area contributed by atoms with E-state index in [9.17, 15) is 42.1 Å². The maximum Gasteiger partial charge on any atom is 0.240 e. The number of benzene rings is 5. The van der Waals surface area contributed by atoms with Gasteiger partial charge >= 0.3 is 0 Å². The summed E-state index contributed by atoms with van der Waals surface area (Å²) >= 11 is 6.48. The van der Waals surface area contributed by atoms with Gasteiger partial charge < -0.3 is 35.9 Å². The molecule has 0 radical (unpaired) electrons. The quantitative estimate of drug-likeness (QED) is 0.0336. The Morgan fingerprint density at radius 3 is 1.21 bits per heavy atom. The first-order valence-electron chi connectivity index (χ1n) is 36.0. The topological polar surface area (TPSA) is 374 Å². The van der Waals surface area contributed by atoms with Gasteiger partial charge in [-0.2, -0.15) is 11.3 Å². The molecule has 10 aromatic heterocycles. The van der Waals surface area contributed by atoms with E-state index in [4.69, 9.17) is 4.74 Å². The summed E-state index contributed by atoms with van der Waals surface area (Å²) in [4.78, 5) is 46.5. The van der Waals surface area contributed by atoms with Gasteiger partial charge in [-0.05, 0) is 137 Å². The number of nitrogens with one attached hydrogen (secondary N) is 5. The van der Waals surface area contributed by atoms with Crippen molar-refractivity contribution in [2.75, 3.05) is 65.0 Å². The normalized spacial score (nSPS) is 11.6. The van der Waals surface area contributed by atoms with Crippen molar-refractivity contribution in [3.63, 3.8) is 0 Å². The minimum Gasteiger partial charge on any atom is -0.479 e. The van der Waals surface area contributed by atoms with Gasteiger partial charge in [-0.15, -0.1) is 34.0 Å². The highest BCUT2D eigenvalue weighted by Gasteiger charge is 2.17. The summed E-state index contributed by atoms with van der Waals surface area (Å²) in [5.74, 6) is 3.85. The fourth-order valence-corrected chi connectivity index (χ4v) is 16.7. The van der Waals surface area contributed by atoms with E-state index in [1.807, 2.05) is 81.8 Å². The van der Waals surface area contributed by atoms with E-state index in [1.165, 1.54) is 54.4 Å². The van der Waals surface area contributed by atoms with Crippen molar-refractivity contribution < 1.29 is 46.8 Å². The van der Waals surface area contributed by atoms with Gasteiger partial charge in [0, 0.05) is 120 Å². The van der Waals surface area contributed by atoms with Crippen LogP contribution in [0.15, 0.2) is 289 Å². The summed E-state index contributed by atoms with van der Waals surface area (Å²) < 4.78 is 123. The van der Waals surface area contributed by atoms with Crippen LogP contribution >= 0.6 is 45.3 Å². The molecular formula is C83H82N16O11S9. The first-order chi connectivity index (χ1) is 56.9. The van der Waals surface area contributed by atoms with E-state index < -0.39 is 49.2 Å². The van der Waals surface area contributed by atoms with Crippen molar-refractivity contribution >= 4 is 124 Å². The maximum absolute atomic E-state index is 11.6. The van der Waals surface area contributed by atoms with E-state index >= 15 is 0 Å². The predicted octanol–water partition coefficient (Wildman–Crippen LogP) is 16.0. The van der Waals surface area contributed by atoms with Gasteiger partial charge in [0.25, 0.3) is 0 Å². The van der Waals surface area contributed by atoms with E-state index in [-0.39, 0.29) is 10.9 Å². The second-order valence-corrected chi connectivity index (χ2v) is 40.3. The van der Waals surface area contributed by atoms with Gasteiger partial charge in [0.15, 0.2) is 49.2 Å². The van der Waals surface area contributed by atoms with Crippen molar-refractivity contribution in [3.05, 3.63) is 291 Å². The number of anilines is 5. The van der Waals surface area contributed by atoms with Crippen molar-refractivity contribution in [1.29, 1.82) is 0 Å². The molecule has 5 aromatic carbocycles. The molecule has 15 aromatic rings. The number of rotatable bonds is 26. The molecule has 10 heterocycles. The summed E-state index contributed by atoms with van der Waals surface area (Å²) in [7, 11) is -12.5. The van der Waals surface area contributed by atoms with Crippen molar-refractivity contribution in [1.82, 2.24) is 54.4 Å². The zero-order valence-corrected chi connectivity index (χ0v) is 72.7. The summed E-state index contributed by atoms with van der Waals surface area (Å²) in [6.07, 6.45) is 21.8. The minimum absolute atomic E-state index is 0.141. The number of pyridine rings is 2. The molecule has 0 saturated carbocycles. The lowest BCUT2D eigenvalue weighted by Crippen LogP contribution is -2.07. The molecule has 0 saturated heterocycles. The first-order valence-corrected chi connectivity index (χ1v) is 49.1. The molecule has 0 aliphatic heterocycles. The van der Waals surface area contributed by atoms with E-state index in [1.54, 1.807) is 210 Å². The van der Waals surface area contributed by atoms with Crippen molar-refractivity contribution in [2.45, 2.75) is 63.6 Å². The lowest BCUT2D eigenvalue weighted by Gasteiger charge is -2.13. The standard InChI is InChI=1S/C18H19N3O2S.C17H17N3O2S2.C16H16N4O3S2.2C16H15N3O2S2/c1-21-11-10-14(13-21)12-19-18-5-3-4-17(20-18)15-6-8-16(9-7-15)24(2,22)23;1-12(16-4-3-9-23-16)19-17-11-18-10-15(20-17)13-5-7-14(8-6-13)24(2,21)22;1-23-16-15(11-3-5-12(6-4-11)25(2,21)22)20-13(9-19-16)18-10-14-17-7-8-24-14;1-23(20,21)14-4-2-13(3-5-14)15-9-17-10-16(19-15)18-8-12-6-7-22-11-12;1-23(20,21)13-7-5-12(6-8-13)14-3-2-4-15(19-14)18-11-16-17-9-10-22-16/h3-11,13H,12H2,1-2H3,(H,19,20);3-12H,1-2H3,(H,19,20);3-9H,10H2,1-2H3,(H,18,20);2-7,9-11H,8H2,1H3,(H,18,19);2-10H,11H2,1H3,(H,18,19)/t;12-;;;/m.0.../s1. The molecule has 0 unspecified atom stereocenters. The Hall–Kier alpha value is -11.9. The Morgan fingerprint density at radius 1 is 0.387 bits per heavy atom. The SMILES string of the molecule is COc1ncc(NCc2nccs2)nc1-c1ccc(S(C)(=O)=O)cc1.CS(=O)(=O)c1ccc(-c2cccc(NCc3nccs3)n2)cc1.CS(=O)(=O)c1ccc(-c2cncc(NCc3ccsc3)n2)cc1.C[C@H](Nc1cncc(-c2ccc(S(C)(=O)=O)cc2)n1)c1cccs1.Cn1ccc(CNc2cccc(-c3ccc(S(C)(=O)=O)cc3)n2)c1. The molecule has 0 aliphatic rings. The van der Waals surface area contributed by atoms with Crippen LogP contribution in [0.5, 0.6) is 5.88 Å². The van der Waals surface area contributed by atoms with Crippen LogP contribution in [0.3, 0.4) is 0 Å². The number of sulfone groups is 5. The molecule has 5 N–H and O–H groups in total. The summed E-state index contributed by atoms with van der Waals surface area (Å²) in [6.45, 7) is 4.63. The first kappa shape index (κ1) is 88.0. The third-order valence-electron chi connectivity index (χ3n) is 17.1. The summed E-state index contributed by atoms with van der Waals surface area (Å²) in [5.41, 5.74) is 10.00. The number of thiazole rings is 2. The fraction of sp³-hybridized carbons (Fsp3) is 0.157. The van der Waals surface area contributed by atoms with Crippen LogP contribution in [0.25, 0.3) is 56.3 Å². The van der Waals surface area contributed by atoms with E-state index in [0.29, 0.717) is 86.2 Å². The van der Waals surface area contributed by atoms with Crippen LogP contribution in [0.1, 0.15) is 39.0 Å². The zero-order chi connectivity index (χ0) is 84.7. The van der Waals surface area contributed by atoms with Crippen LogP contribution in [0.2, 0.25) is 0 Å². The molecule has 36 heteroatoms. The Balaban J connectivity index is 0.000000146. The highest BCUT2D eigenvalue weighted by Crippen LogP contribution is 2.31. The number of aromatic nitrogens is 11. The van der Waals surface area contributed by atoms with Gasteiger partial charge in [-0.3, -0.25) is 9.97 Å². The second-order valence-electron chi connectivity index (χ2n) is 26.5. The maximum atomic E-state index is 11.6. The van der Waals surface area contributed by atoms with Crippen molar-refractivity contribution in [2.24, 2.45) is 7.05 Å². The Kier molecular flexibility index (Phi) is 30.0. The average Bonchev–Trinajstić information content (AvgIpc) is 1.35. The molecule has 119 heavy (non-hydrogen) atoms. The van der Waals surface area contributed by atoms with Gasteiger partial charge in [-0.25, -0.2) is 82.0 Å². The molecule has 15 rings (SSSR count). The van der Waals surface area contributed by atoms with Crippen LogP contribution in [-0.2, 0) is 82.4 Å². The molecule has 614 valence electrons. The number of hydrogen-bond donors (Lipinski definition) is 5. The highest BCUT2D eigenvalue weighted by atomic mass is 32.2. The third kappa shape index (κ3) is 26.6. The molecular weight excluding hydrogens is 1690 g/mol. The number of aryl methyl sites for hydroxylation is 1. The highest BCUT2D eigenvalue weighted by molar-refractivity contribution is 7.91. The lowest BCUT2D eigenvalue weighted by atomic mass is 10.1. The number of methoxy groups -OCH3 is 1. The molecule has 0 aliphatic carbocycles. The number of ether oxygens (including phenoxy) is 1. The van der Waals surface area contributed by atoms with Gasteiger partial charge in [0.05, 0.1) is 104 Å². The lowest BCUT2D eigenvalue weighted by molar-refractivity contribution is 0.398. The van der Waals surface area contributed by atoms with Gasteiger partial charge in [0.1, 0.15) is 44.8 Å². The predicted molar refractivity (Wildman–Crippen MR) is 473 cm³/mol. The van der Waals surface area contributed by atoms with Crippen LogP contribution < -0.4 is 31.3 Å². The molecule has 0 spiro atoms. The fourth-order valence-electron chi connectivity index (χ4n) is 11.0. The van der Waals surface area contributed by atoms with Crippen LogP contribution in [0.4, 0.5) is 29.1 Å². The smallest absolute Gasteiger partial charge is 0.240 e. The van der Waals surface area contributed by atoms with Crippen molar-refractivity contribution in [3.8, 4) is 62.2 Å². The second kappa shape index (κ2) is 40.5. The molecule has 0 amide bonds. The number of nitrogens with zero attached hydrogens (tertiary/aromatic N) is 11.